The van der Waals surface area contributed by atoms with Crippen LogP contribution >= 0.6 is 0 Å². The lowest BCUT2D eigenvalue weighted by Gasteiger charge is -2.13. The number of sulfonamides is 1. The van der Waals surface area contributed by atoms with E-state index in [1.807, 2.05) is 0 Å². The Bertz CT molecular complexity index is 992. The fraction of sp³-hybridized carbons (Fsp3) is 0.167. The first kappa shape index (κ1) is 20.5. The summed E-state index contributed by atoms with van der Waals surface area (Å²) in [6.07, 6.45) is -4.60. The molecule has 27 heavy (non-hydrogen) atoms. The second-order valence-corrected chi connectivity index (χ2v) is 7.23. The van der Waals surface area contributed by atoms with Crippen LogP contribution in [0.1, 0.15) is 11.1 Å². The van der Waals surface area contributed by atoms with E-state index in [9.17, 15) is 26.4 Å². The van der Waals surface area contributed by atoms with Crippen molar-refractivity contribution >= 4 is 15.9 Å². The Kier molecular flexibility index (Phi) is 6.25. The minimum absolute atomic E-state index is 0.00334. The predicted octanol–water partition coefficient (Wildman–Crippen LogP) is 2.13. The van der Waals surface area contributed by atoms with Gasteiger partial charge in [-0.3, -0.25) is 4.79 Å². The zero-order chi connectivity index (χ0) is 20.1. The van der Waals surface area contributed by atoms with Gasteiger partial charge in [0.25, 0.3) is 5.91 Å². The SMILES string of the molecule is NS(=O)(=O)CCNC(=O)C#Cc1ccc(-c2ccccc2)c(C(F)(F)F)c1. The van der Waals surface area contributed by atoms with Crippen LogP contribution in [0, 0.1) is 11.8 Å². The quantitative estimate of drug-likeness (QED) is 0.776. The van der Waals surface area contributed by atoms with Crippen molar-refractivity contribution in [2.24, 2.45) is 5.14 Å². The highest BCUT2D eigenvalue weighted by Crippen LogP contribution is 2.37. The van der Waals surface area contributed by atoms with Gasteiger partial charge in [-0.15, -0.1) is 0 Å². The van der Waals surface area contributed by atoms with Crippen molar-refractivity contribution in [2.75, 3.05) is 12.3 Å². The molecule has 142 valence electrons. The molecule has 0 radical (unpaired) electrons. The first-order chi connectivity index (χ1) is 12.6. The van der Waals surface area contributed by atoms with Gasteiger partial charge >= 0.3 is 6.18 Å². The van der Waals surface area contributed by atoms with E-state index >= 15 is 0 Å². The van der Waals surface area contributed by atoms with Crippen LogP contribution in [0.5, 0.6) is 0 Å². The summed E-state index contributed by atoms with van der Waals surface area (Å²) in [5.74, 6) is 3.17. The lowest BCUT2D eigenvalue weighted by atomic mass is 9.97. The Morgan fingerprint density at radius 2 is 1.78 bits per heavy atom. The number of benzene rings is 2. The Morgan fingerprint density at radius 3 is 2.37 bits per heavy atom. The minimum atomic E-state index is -4.60. The number of hydrogen-bond donors (Lipinski definition) is 2. The molecule has 0 unspecified atom stereocenters. The van der Waals surface area contributed by atoms with Crippen molar-refractivity contribution in [3.8, 4) is 23.0 Å². The van der Waals surface area contributed by atoms with Crippen LogP contribution in [-0.4, -0.2) is 26.6 Å². The van der Waals surface area contributed by atoms with Gasteiger partial charge in [-0.1, -0.05) is 42.3 Å². The number of alkyl halides is 3. The van der Waals surface area contributed by atoms with Crippen molar-refractivity contribution < 1.29 is 26.4 Å². The molecule has 5 nitrogen and oxygen atoms in total. The molecule has 2 aromatic carbocycles. The van der Waals surface area contributed by atoms with Crippen molar-refractivity contribution in [1.29, 1.82) is 0 Å². The van der Waals surface area contributed by atoms with Gasteiger partial charge in [-0.2, -0.15) is 13.2 Å². The molecule has 9 heteroatoms. The van der Waals surface area contributed by atoms with Crippen molar-refractivity contribution in [2.45, 2.75) is 6.18 Å². The number of carbonyl (C=O) groups is 1. The smallest absolute Gasteiger partial charge is 0.344 e. The molecular formula is C18H15F3N2O3S. The second kappa shape index (κ2) is 8.24. The van der Waals surface area contributed by atoms with E-state index in [1.54, 1.807) is 30.3 Å². The third-order valence-corrected chi connectivity index (χ3v) is 4.18. The van der Waals surface area contributed by atoms with Gasteiger partial charge in [0.05, 0.1) is 11.3 Å². The molecule has 1 amide bonds. The Labute approximate surface area is 154 Å². The molecule has 0 spiro atoms. The molecule has 0 aliphatic carbocycles. The molecule has 0 heterocycles. The second-order valence-electron chi connectivity index (χ2n) is 5.50. The highest BCUT2D eigenvalue weighted by molar-refractivity contribution is 7.89. The predicted molar refractivity (Wildman–Crippen MR) is 94.7 cm³/mol. The highest BCUT2D eigenvalue weighted by atomic mass is 32.2. The molecule has 0 saturated heterocycles. The summed E-state index contributed by atoms with van der Waals surface area (Å²) < 4.78 is 61.7. The highest BCUT2D eigenvalue weighted by Gasteiger charge is 2.33. The van der Waals surface area contributed by atoms with E-state index in [0.29, 0.717) is 5.56 Å². The van der Waals surface area contributed by atoms with E-state index in [4.69, 9.17) is 5.14 Å². The number of nitrogens with two attached hydrogens (primary N) is 1. The molecule has 0 fully saturated rings. The van der Waals surface area contributed by atoms with E-state index < -0.39 is 33.4 Å². The first-order valence-corrected chi connectivity index (χ1v) is 9.35. The molecule has 0 atom stereocenters. The maximum atomic E-state index is 13.4. The summed E-state index contributed by atoms with van der Waals surface area (Å²) in [5, 5.41) is 6.98. The zero-order valence-electron chi connectivity index (χ0n) is 13.9. The molecule has 0 bridgehead atoms. The number of amides is 1. The van der Waals surface area contributed by atoms with Crippen molar-refractivity contribution in [3.05, 3.63) is 59.7 Å². The minimum Gasteiger partial charge on any atom is -0.344 e. The molecule has 2 rings (SSSR count). The third-order valence-electron chi connectivity index (χ3n) is 3.40. The summed E-state index contributed by atoms with van der Waals surface area (Å²) >= 11 is 0. The maximum Gasteiger partial charge on any atom is 0.417 e. The summed E-state index contributed by atoms with van der Waals surface area (Å²) in [7, 11) is -3.73. The first-order valence-electron chi connectivity index (χ1n) is 7.63. The molecule has 0 aromatic heterocycles. The normalized spacial score (nSPS) is 11.4. The summed E-state index contributed by atoms with van der Waals surface area (Å²) in [6.45, 7) is -0.243. The van der Waals surface area contributed by atoms with Crippen LogP contribution in [0.3, 0.4) is 0 Å². The molecule has 0 aliphatic rings. The largest absolute Gasteiger partial charge is 0.417 e. The molecular weight excluding hydrogens is 381 g/mol. The van der Waals surface area contributed by atoms with Gasteiger partial charge in [-0.25, -0.2) is 13.6 Å². The third kappa shape index (κ3) is 6.44. The molecule has 3 N–H and O–H groups in total. The number of rotatable bonds is 4. The van der Waals surface area contributed by atoms with Crippen LogP contribution in [-0.2, 0) is 21.0 Å². The van der Waals surface area contributed by atoms with Crippen LogP contribution < -0.4 is 10.5 Å². The van der Waals surface area contributed by atoms with Gasteiger partial charge in [0.1, 0.15) is 0 Å². The lowest BCUT2D eigenvalue weighted by molar-refractivity contribution is -0.137. The van der Waals surface area contributed by atoms with Gasteiger partial charge in [0.15, 0.2) is 0 Å². The standard InChI is InChI=1S/C18H15F3N2O3S/c19-18(20,21)16-12-13(6-8-15(16)14-4-2-1-3-5-14)7-9-17(24)23-10-11-27(22,25)26/h1-6,8,12H,10-11H2,(H,23,24)(H2,22,25,26). The van der Waals surface area contributed by atoms with Gasteiger partial charge < -0.3 is 5.32 Å². The number of hydrogen-bond acceptors (Lipinski definition) is 3. The molecule has 0 saturated carbocycles. The monoisotopic (exact) mass is 396 g/mol. The lowest BCUT2D eigenvalue weighted by Crippen LogP contribution is -2.30. The maximum absolute atomic E-state index is 13.4. The van der Waals surface area contributed by atoms with Crippen LogP contribution in [0.2, 0.25) is 0 Å². The zero-order valence-corrected chi connectivity index (χ0v) is 14.7. The molecule has 0 aliphatic heterocycles. The average molecular weight is 396 g/mol. The van der Waals surface area contributed by atoms with Crippen molar-refractivity contribution in [1.82, 2.24) is 5.32 Å². The van der Waals surface area contributed by atoms with E-state index in [2.05, 4.69) is 17.2 Å². The number of nitrogens with one attached hydrogen (secondary N) is 1. The Hall–Kier alpha value is -2.83. The summed E-state index contributed by atoms with van der Waals surface area (Å²) in [5.41, 5.74) is -0.449. The number of primary sulfonamides is 1. The summed E-state index contributed by atoms with van der Waals surface area (Å²) in [4.78, 5) is 11.5. The van der Waals surface area contributed by atoms with Gasteiger partial charge in [-0.05, 0) is 23.3 Å². The van der Waals surface area contributed by atoms with Gasteiger partial charge in [0.2, 0.25) is 10.0 Å². The van der Waals surface area contributed by atoms with E-state index in [0.717, 1.165) is 6.07 Å². The molecule has 2 aromatic rings. The fourth-order valence-corrected chi connectivity index (χ4v) is 2.59. The topological polar surface area (TPSA) is 89.3 Å². The van der Waals surface area contributed by atoms with E-state index in [-0.39, 0.29) is 17.7 Å². The Balaban J connectivity index is 2.24. The summed E-state index contributed by atoms with van der Waals surface area (Å²) in [6, 6.07) is 11.6. The average Bonchev–Trinajstić information content (AvgIpc) is 2.58. The van der Waals surface area contributed by atoms with E-state index in [1.165, 1.54) is 12.1 Å². The number of carbonyl (C=O) groups excluding carboxylic acids is 1. The van der Waals surface area contributed by atoms with Crippen LogP contribution in [0.25, 0.3) is 11.1 Å². The Morgan fingerprint density at radius 1 is 1.11 bits per heavy atom. The van der Waals surface area contributed by atoms with Crippen LogP contribution in [0.15, 0.2) is 48.5 Å². The number of halogens is 3. The van der Waals surface area contributed by atoms with Gasteiger partial charge in [0, 0.05) is 18.0 Å². The van der Waals surface area contributed by atoms with Crippen molar-refractivity contribution in [3.63, 3.8) is 0 Å². The van der Waals surface area contributed by atoms with Crippen LogP contribution in [0.4, 0.5) is 13.2 Å². The fourth-order valence-electron chi connectivity index (χ4n) is 2.21.